The Morgan fingerprint density at radius 1 is 1.00 bits per heavy atom. The summed E-state index contributed by atoms with van der Waals surface area (Å²) in [6.45, 7) is 3.80. The Labute approximate surface area is 116 Å². The summed E-state index contributed by atoms with van der Waals surface area (Å²) in [7, 11) is 0. The molecular weight excluding hydrogens is 256 g/mol. The van der Waals surface area contributed by atoms with Gasteiger partial charge in [-0.15, -0.1) is 0 Å². The molecule has 0 aliphatic carbocycles. The molecule has 0 radical (unpaired) electrons. The fourth-order valence-electron chi connectivity index (χ4n) is 2.58. The van der Waals surface area contributed by atoms with Gasteiger partial charge in [0.2, 0.25) is 0 Å². The molecule has 0 spiro atoms. The molecule has 0 aromatic heterocycles. The second kappa shape index (κ2) is 5.33. The lowest BCUT2D eigenvalue weighted by atomic mass is 9.90. The van der Waals surface area contributed by atoms with Crippen molar-refractivity contribution in [3.63, 3.8) is 0 Å². The highest BCUT2D eigenvalue weighted by Gasteiger charge is 2.18. The lowest BCUT2D eigenvalue weighted by Gasteiger charge is -2.14. The molecule has 0 atom stereocenters. The van der Waals surface area contributed by atoms with Crippen molar-refractivity contribution in [1.29, 1.82) is 0 Å². The van der Waals surface area contributed by atoms with Crippen molar-refractivity contribution in [1.82, 2.24) is 0 Å². The topological polar surface area (TPSA) is 74.6 Å². The Balaban J connectivity index is 2.89. The van der Waals surface area contributed by atoms with Crippen LogP contribution in [0.25, 0.3) is 10.8 Å². The predicted octanol–water partition coefficient (Wildman–Crippen LogP) is 3.36. The molecule has 4 nitrogen and oxygen atoms in total. The quantitative estimate of drug-likeness (QED) is 0.894. The molecule has 2 aromatic carbocycles. The van der Waals surface area contributed by atoms with Crippen molar-refractivity contribution in [2.75, 3.05) is 0 Å². The van der Waals surface area contributed by atoms with Crippen molar-refractivity contribution in [2.45, 2.75) is 26.7 Å². The fraction of sp³-hybridized carbons (Fsp3) is 0.250. The van der Waals surface area contributed by atoms with Crippen molar-refractivity contribution < 1.29 is 19.8 Å². The van der Waals surface area contributed by atoms with Gasteiger partial charge in [-0.25, -0.2) is 9.59 Å². The van der Waals surface area contributed by atoms with Gasteiger partial charge in [-0.05, 0) is 46.9 Å². The van der Waals surface area contributed by atoms with E-state index in [9.17, 15) is 14.7 Å². The predicted molar refractivity (Wildman–Crippen MR) is 76.6 cm³/mol. The summed E-state index contributed by atoms with van der Waals surface area (Å²) in [6.07, 6.45) is 1.18. The van der Waals surface area contributed by atoms with E-state index in [1.54, 1.807) is 18.2 Å². The molecule has 0 saturated carbocycles. The molecule has 20 heavy (non-hydrogen) atoms. The van der Waals surface area contributed by atoms with Crippen LogP contribution < -0.4 is 0 Å². The van der Waals surface area contributed by atoms with E-state index in [2.05, 4.69) is 0 Å². The third-order valence-electron chi connectivity index (χ3n) is 3.53. The van der Waals surface area contributed by atoms with E-state index in [1.807, 2.05) is 19.9 Å². The van der Waals surface area contributed by atoms with Crippen LogP contribution in [0, 0.1) is 0 Å². The monoisotopic (exact) mass is 272 g/mol. The maximum Gasteiger partial charge on any atom is 0.336 e. The number of aromatic carboxylic acids is 2. The van der Waals surface area contributed by atoms with Crippen LogP contribution in [0.15, 0.2) is 24.3 Å². The second-order valence-corrected chi connectivity index (χ2v) is 4.64. The molecule has 0 fully saturated rings. The van der Waals surface area contributed by atoms with E-state index in [0.717, 1.165) is 10.9 Å². The number of hydrogen-bond acceptors (Lipinski definition) is 2. The highest BCUT2D eigenvalue weighted by molar-refractivity contribution is 6.02. The lowest BCUT2D eigenvalue weighted by molar-refractivity contribution is 0.0685. The molecule has 2 aromatic rings. The van der Waals surface area contributed by atoms with Gasteiger partial charge in [0.25, 0.3) is 0 Å². The Hall–Kier alpha value is -2.36. The average Bonchev–Trinajstić information content (AvgIpc) is 2.43. The zero-order valence-electron chi connectivity index (χ0n) is 11.4. The SMILES string of the molecule is CCc1cc2ccc(C(=O)O)cc2c(CC)c1C(=O)O. The van der Waals surface area contributed by atoms with Crippen LogP contribution >= 0.6 is 0 Å². The van der Waals surface area contributed by atoms with E-state index in [1.165, 1.54) is 0 Å². The fourth-order valence-corrected chi connectivity index (χ4v) is 2.58. The molecule has 0 amide bonds. The minimum absolute atomic E-state index is 0.174. The summed E-state index contributed by atoms with van der Waals surface area (Å²) in [6, 6.07) is 6.68. The van der Waals surface area contributed by atoms with Gasteiger partial charge in [0.15, 0.2) is 0 Å². The van der Waals surface area contributed by atoms with Crippen LogP contribution in [0.4, 0.5) is 0 Å². The van der Waals surface area contributed by atoms with Crippen LogP contribution in [0.1, 0.15) is 45.7 Å². The summed E-state index contributed by atoms with van der Waals surface area (Å²) in [5.74, 6) is -1.97. The van der Waals surface area contributed by atoms with Crippen LogP contribution in [-0.4, -0.2) is 22.2 Å². The molecule has 0 heterocycles. The number of benzene rings is 2. The molecule has 2 rings (SSSR count). The van der Waals surface area contributed by atoms with Gasteiger partial charge >= 0.3 is 11.9 Å². The summed E-state index contributed by atoms with van der Waals surface area (Å²) >= 11 is 0. The zero-order chi connectivity index (χ0) is 14.9. The second-order valence-electron chi connectivity index (χ2n) is 4.64. The highest BCUT2D eigenvalue weighted by Crippen LogP contribution is 2.28. The third kappa shape index (κ3) is 2.25. The molecule has 104 valence electrons. The van der Waals surface area contributed by atoms with Crippen LogP contribution in [0.5, 0.6) is 0 Å². The molecule has 2 N–H and O–H groups in total. The largest absolute Gasteiger partial charge is 0.478 e. The van der Waals surface area contributed by atoms with Gasteiger partial charge in [-0.2, -0.15) is 0 Å². The van der Waals surface area contributed by atoms with E-state index in [-0.39, 0.29) is 5.56 Å². The molecule has 0 aliphatic rings. The molecule has 0 saturated heterocycles. The number of aryl methyl sites for hydroxylation is 2. The van der Waals surface area contributed by atoms with Crippen LogP contribution in [-0.2, 0) is 12.8 Å². The van der Waals surface area contributed by atoms with Crippen molar-refractivity contribution in [3.05, 3.63) is 46.5 Å². The van der Waals surface area contributed by atoms with E-state index in [0.29, 0.717) is 29.4 Å². The number of rotatable bonds is 4. The standard InChI is InChI=1S/C16H16O4/c1-3-9-7-10-5-6-11(15(17)18)8-13(10)12(4-2)14(9)16(19)20/h5-8H,3-4H2,1-2H3,(H,17,18)(H,19,20). The Bertz CT molecular complexity index is 701. The number of fused-ring (bicyclic) bond motifs is 1. The average molecular weight is 272 g/mol. The van der Waals surface area contributed by atoms with Gasteiger partial charge < -0.3 is 10.2 Å². The molecule has 0 aliphatic heterocycles. The smallest absolute Gasteiger partial charge is 0.336 e. The van der Waals surface area contributed by atoms with Crippen LogP contribution in [0.2, 0.25) is 0 Å². The van der Waals surface area contributed by atoms with E-state index in [4.69, 9.17) is 5.11 Å². The molecule has 0 bridgehead atoms. The number of carbonyl (C=O) groups is 2. The minimum atomic E-state index is -1.01. The molecule has 0 unspecified atom stereocenters. The maximum atomic E-state index is 11.5. The summed E-state index contributed by atoms with van der Waals surface area (Å²) in [5, 5.41) is 20.1. The van der Waals surface area contributed by atoms with Crippen molar-refractivity contribution in [3.8, 4) is 0 Å². The van der Waals surface area contributed by atoms with Crippen LogP contribution in [0.3, 0.4) is 0 Å². The minimum Gasteiger partial charge on any atom is -0.478 e. The normalized spacial score (nSPS) is 10.7. The van der Waals surface area contributed by atoms with E-state index >= 15 is 0 Å². The first-order valence-electron chi connectivity index (χ1n) is 6.54. The summed E-state index contributed by atoms with van der Waals surface area (Å²) in [4.78, 5) is 22.6. The summed E-state index contributed by atoms with van der Waals surface area (Å²) in [5.41, 5.74) is 1.97. The first-order chi connectivity index (χ1) is 9.49. The highest BCUT2D eigenvalue weighted by atomic mass is 16.4. The zero-order valence-corrected chi connectivity index (χ0v) is 11.4. The van der Waals surface area contributed by atoms with Gasteiger partial charge in [0.05, 0.1) is 11.1 Å². The summed E-state index contributed by atoms with van der Waals surface area (Å²) < 4.78 is 0. The first kappa shape index (κ1) is 14.1. The Morgan fingerprint density at radius 3 is 2.20 bits per heavy atom. The third-order valence-corrected chi connectivity index (χ3v) is 3.53. The van der Waals surface area contributed by atoms with Crippen molar-refractivity contribution in [2.24, 2.45) is 0 Å². The van der Waals surface area contributed by atoms with E-state index < -0.39 is 11.9 Å². The van der Waals surface area contributed by atoms with Gasteiger partial charge in [0.1, 0.15) is 0 Å². The van der Waals surface area contributed by atoms with Gasteiger partial charge in [-0.3, -0.25) is 0 Å². The number of carboxylic acids is 2. The van der Waals surface area contributed by atoms with Gasteiger partial charge in [-0.1, -0.05) is 26.0 Å². The molecule has 4 heteroatoms. The number of hydrogen-bond donors (Lipinski definition) is 2. The first-order valence-corrected chi connectivity index (χ1v) is 6.54. The number of carboxylic acid groups (broad SMARTS) is 2. The Kier molecular flexibility index (Phi) is 3.74. The maximum absolute atomic E-state index is 11.5. The lowest BCUT2D eigenvalue weighted by Crippen LogP contribution is -2.08. The molecular formula is C16H16O4. The van der Waals surface area contributed by atoms with Crippen molar-refractivity contribution >= 4 is 22.7 Å². The Morgan fingerprint density at radius 2 is 1.70 bits per heavy atom. The van der Waals surface area contributed by atoms with Gasteiger partial charge in [0, 0.05) is 0 Å².